The monoisotopic (exact) mass is 372 g/mol. The topological polar surface area (TPSA) is 64.4 Å². The van der Waals surface area contributed by atoms with Gasteiger partial charge in [0.15, 0.2) is 17.7 Å². The van der Waals surface area contributed by atoms with Crippen molar-refractivity contribution in [3.05, 3.63) is 65.2 Å². The Bertz CT molecular complexity index is 985. The molecule has 3 aromatic rings. The Kier molecular flexibility index (Phi) is 5.21. The summed E-state index contributed by atoms with van der Waals surface area (Å²) in [5, 5.41) is 6.30. The number of aryl methyl sites for hydroxylation is 2. The minimum Gasteiger partial charge on any atom is -0.481 e. The molecule has 1 heterocycles. The molecule has 27 heavy (non-hydrogen) atoms. The molecule has 0 saturated heterocycles. The van der Waals surface area contributed by atoms with E-state index in [0.29, 0.717) is 11.3 Å². The van der Waals surface area contributed by atoms with Crippen LogP contribution < -0.4 is 10.1 Å². The molecular weight excluding hydrogens is 354 g/mol. The van der Waals surface area contributed by atoms with Crippen molar-refractivity contribution >= 4 is 11.8 Å². The molecule has 1 unspecified atom stereocenters. The fourth-order valence-electron chi connectivity index (χ4n) is 2.39. The van der Waals surface area contributed by atoms with E-state index in [0.717, 1.165) is 23.3 Å². The Morgan fingerprint density at radius 2 is 1.85 bits per heavy atom. The lowest BCUT2D eigenvalue weighted by Crippen LogP contribution is -2.30. The van der Waals surface area contributed by atoms with Gasteiger partial charge in [0.25, 0.3) is 5.91 Å². The van der Waals surface area contributed by atoms with E-state index in [4.69, 9.17) is 9.26 Å². The van der Waals surface area contributed by atoms with Crippen molar-refractivity contribution in [2.45, 2.75) is 26.9 Å². The summed E-state index contributed by atoms with van der Waals surface area (Å²) < 4.78 is 37.0. The van der Waals surface area contributed by atoms with E-state index in [1.165, 1.54) is 12.1 Å². The van der Waals surface area contributed by atoms with Crippen molar-refractivity contribution in [1.82, 2.24) is 5.16 Å². The average Bonchev–Trinajstić information content (AvgIpc) is 3.09. The fraction of sp³-hybridized carbons (Fsp3) is 0.200. The number of anilines is 1. The Morgan fingerprint density at radius 1 is 1.07 bits per heavy atom. The van der Waals surface area contributed by atoms with E-state index < -0.39 is 23.6 Å². The Labute approximate surface area is 154 Å². The molecular formula is C20H18F2N2O3. The molecule has 0 bridgehead atoms. The third-order valence-electron chi connectivity index (χ3n) is 4.13. The number of benzene rings is 2. The number of hydrogen-bond donors (Lipinski definition) is 1. The van der Waals surface area contributed by atoms with E-state index in [-0.39, 0.29) is 11.6 Å². The van der Waals surface area contributed by atoms with Gasteiger partial charge in [0.05, 0.1) is 0 Å². The second-order valence-corrected chi connectivity index (χ2v) is 6.20. The summed E-state index contributed by atoms with van der Waals surface area (Å²) in [4.78, 5) is 12.3. The van der Waals surface area contributed by atoms with Crippen LogP contribution in [0.5, 0.6) is 5.75 Å². The van der Waals surface area contributed by atoms with Crippen LogP contribution in [0.1, 0.15) is 18.1 Å². The van der Waals surface area contributed by atoms with Crippen LogP contribution in [-0.4, -0.2) is 17.2 Å². The third kappa shape index (κ3) is 4.31. The molecule has 0 fully saturated rings. The first-order valence-electron chi connectivity index (χ1n) is 8.30. The maximum atomic E-state index is 13.3. The molecule has 1 atom stereocenters. The molecule has 1 aromatic heterocycles. The standard InChI is InChI=1S/C20H18F2N2O3/c1-11-4-6-15(8-12(11)2)26-13(3)20(25)23-19-10-18(24-27-19)14-5-7-16(21)17(22)9-14/h4-10,13H,1-3H3,(H,23,25). The number of rotatable bonds is 5. The van der Waals surface area contributed by atoms with E-state index in [1.807, 2.05) is 26.0 Å². The largest absolute Gasteiger partial charge is 0.481 e. The highest BCUT2D eigenvalue weighted by atomic mass is 19.2. The highest BCUT2D eigenvalue weighted by Gasteiger charge is 2.18. The van der Waals surface area contributed by atoms with E-state index >= 15 is 0 Å². The quantitative estimate of drug-likeness (QED) is 0.708. The van der Waals surface area contributed by atoms with Crippen molar-refractivity contribution in [1.29, 1.82) is 0 Å². The number of ether oxygens (including phenoxy) is 1. The van der Waals surface area contributed by atoms with Gasteiger partial charge in [0.2, 0.25) is 5.88 Å². The molecule has 0 saturated carbocycles. The van der Waals surface area contributed by atoms with Crippen LogP contribution in [0.3, 0.4) is 0 Å². The maximum absolute atomic E-state index is 13.3. The van der Waals surface area contributed by atoms with Gasteiger partial charge in [-0.15, -0.1) is 0 Å². The van der Waals surface area contributed by atoms with Crippen LogP contribution in [0.4, 0.5) is 14.7 Å². The summed E-state index contributed by atoms with van der Waals surface area (Å²) in [5.41, 5.74) is 2.79. The molecule has 7 heteroatoms. The van der Waals surface area contributed by atoms with Crippen LogP contribution in [0.25, 0.3) is 11.3 Å². The SMILES string of the molecule is Cc1ccc(OC(C)C(=O)Nc2cc(-c3ccc(F)c(F)c3)no2)cc1C. The molecule has 0 aliphatic rings. The van der Waals surface area contributed by atoms with Gasteiger partial charge >= 0.3 is 0 Å². The highest BCUT2D eigenvalue weighted by Crippen LogP contribution is 2.24. The number of nitrogens with one attached hydrogen (secondary N) is 1. The lowest BCUT2D eigenvalue weighted by molar-refractivity contribution is -0.122. The van der Waals surface area contributed by atoms with Gasteiger partial charge in [-0.2, -0.15) is 0 Å². The van der Waals surface area contributed by atoms with Gasteiger partial charge in [-0.05, 0) is 62.2 Å². The van der Waals surface area contributed by atoms with Gasteiger partial charge in [0, 0.05) is 11.6 Å². The molecule has 3 rings (SSSR count). The zero-order valence-corrected chi connectivity index (χ0v) is 15.0. The van der Waals surface area contributed by atoms with Crippen LogP contribution in [-0.2, 0) is 4.79 Å². The number of carbonyl (C=O) groups excluding carboxylic acids is 1. The first-order chi connectivity index (χ1) is 12.8. The molecule has 0 radical (unpaired) electrons. The average molecular weight is 372 g/mol. The second-order valence-electron chi connectivity index (χ2n) is 6.20. The van der Waals surface area contributed by atoms with E-state index in [1.54, 1.807) is 13.0 Å². The Balaban J connectivity index is 1.66. The first kappa shape index (κ1) is 18.6. The number of amides is 1. The number of carbonyl (C=O) groups is 1. The molecule has 5 nitrogen and oxygen atoms in total. The predicted octanol–water partition coefficient (Wildman–Crippen LogP) is 4.64. The smallest absolute Gasteiger partial charge is 0.267 e. The first-order valence-corrected chi connectivity index (χ1v) is 8.30. The summed E-state index contributed by atoms with van der Waals surface area (Å²) in [7, 11) is 0. The number of aromatic nitrogens is 1. The molecule has 0 aliphatic carbocycles. The summed E-state index contributed by atoms with van der Waals surface area (Å²) in [6.07, 6.45) is -0.774. The highest BCUT2D eigenvalue weighted by molar-refractivity contribution is 5.93. The Morgan fingerprint density at radius 3 is 2.56 bits per heavy atom. The summed E-state index contributed by atoms with van der Waals surface area (Å²) in [5.74, 6) is -1.71. The number of halogens is 2. The van der Waals surface area contributed by atoms with Crippen molar-refractivity contribution in [2.75, 3.05) is 5.32 Å². The molecule has 0 aliphatic heterocycles. The summed E-state index contributed by atoms with van der Waals surface area (Å²) in [6, 6.07) is 10.4. The van der Waals surface area contributed by atoms with Gasteiger partial charge < -0.3 is 9.26 Å². The molecule has 140 valence electrons. The van der Waals surface area contributed by atoms with Gasteiger partial charge in [0.1, 0.15) is 11.4 Å². The van der Waals surface area contributed by atoms with Crippen molar-refractivity contribution in [3.8, 4) is 17.0 Å². The van der Waals surface area contributed by atoms with Crippen LogP contribution in [0.15, 0.2) is 47.0 Å². The summed E-state index contributed by atoms with van der Waals surface area (Å²) >= 11 is 0. The third-order valence-corrected chi connectivity index (χ3v) is 4.13. The number of nitrogens with zero attached hydrogens (tertiary/aromatic N) is 1. The van der Waals surface area contributed by atoms with Crippen molar-refractivity contribution < 1.29 is 22.8 Å². The van der Waals surface area contributed by atoms with Gasteiger partial charge in [-0.3, -0.25) is 10.1 Å². The molecule has 0 spiro atoms. The predicted molar refractivity (Wildman–Crippen MR) is 96.5 cm³/mol. The van der Waals surface area contributed by atoms with Crippen LogP contribution in [0, 0.1) is 25.5 Å². The molecule has 2 aromatic carbocycles. The van der Waals surface area contributed by atoms with Gasteiger partial charge in [-0.1, -0.05) is 11.2 Å². The maximum Gasteiger partial charge on any atom is 0.267 e. The minimum absolute atomic E-state index is 0.0790. The van der Waals surface area contributed by atoms with E-state index in [9.17, 15) is 13.6 Å². The fourth-order valence-corrected chi connectivity index (χ4v) is 2.39. The molecule has 1 amide bonds. The van der Waals surface area contributed by atoms with Crippen molar-refractivity contribution in [2.24, 2.45) is 0 Å². The van der Waals surface area contributed by atoms with E-state index in [2.05, 4.69) is 10.5 Å². The lowest BCUT2D eigenvalue weighted by atomic mass is 10.1. The van der Waals surface area contributed by atoms with Crippen molar-refractivity contribution in [3.63, 3.8) is 0 Å². The number of hydrogen-bond acceptors (Lipinski definition) is 4. The summed E-state index contributed by atoms with van der Waals surface area (Å²) in [6.45, 7) is 5.56. The zero-order chi connectivity index (χ0) is 19.6. The lowest BCUT2D eigenvalue weighted by Gasteiger charge is -2.14. The second kappa shape index (κ2) is 7.57. The molecule has 1 N–H and O–H groups in total. The van der Waals surface area contributed by atoms with Crippen LogP contribution in [0.2, 0.25) is 0 Å². The van der Waals surface area contributed by atoms with Gasteiger partial charge in [-0.25, -0.2) is 8.78 Å². The Hall–Kier alpha value is -3.22. The zero-order valence-electron chi connectivity index (χ0n) is 15.0. The minimum atomic E-state index is -0.989. The van der Waals surface area contributed by atoms with Crippen LogP contribution >= 0.6 is 0 Å². The normalized spacial score (nSPS) is 11.9.